The molecule has 2 aromatic rings. The fourth-order valence-electron chi connectivity index (χ4n) is 2.26. The Morgan fingerprint density at radius 3 is 2.74 bits per heavy atom. The molecule has 0 radical (unpaired) electrons. The molecule has 1 N–H and O–H groups in total. The highest BCUT2D eigenvalue weighted by Gasteiger charge is 2.35. The zero-order valence-electron chi connectivity index (χ0n) is 10.5. The Balaban J connectivity index is 1.82. The van der Waals surface area contributed by atoms with Crippen LogP contribution in [0.5, 0.6) is 0 Å². The molecule has 1 aliphatic rings. The molecule has 1 aliphatic heterocycles. The number of hydrogen-bond donors (Lipinski definition) is 1. The molecule has 0 saturated heterocycles. The van der Waals surface area contributed by atoms with Crippen LogP contribution in [0.3, 0.4) is 0 Å². The first-order chi connectivity index (χ1) is 9.16. The van der Waals surface area contributed by atoms with E-state index in [1.54, 1.807) is 24.5 Å². The molecule has 5 heteroatoms. The van der Waals surface area contributed by atoms with Crippen LogP contribution in [-0.2, 0) is 6.42 Å². The summed E-state index contributed by atoms with van der Waals surface area (Å²) in [6.07, 6.45) is 3.92. The van der Waals surface area contributed by atoms with Crippen molar-refractivity contribution < 1.29 is 9.59 Å². The molecular formula is C14H13N3O2. The Hall–Kier alpha value is -2.43. The van der Waals surface area contributed by atoms with Gasteiger partial charge in [0.05, 0.1) is 11.1 Å². The number of nitrogens with one attached hydrogen (secondary N) is 1. The van der Waals surface area contributed by atoms with E-state index in [0.717, 1.165) is 11.4 Å². The number of benzene rings is 1. The number of hydrogen-bond acceptors (Lipinski definition) is 3. The second-order valence-electron chi connectivity index (χ2n) is 4.60. The Bertz CT molecular complexity index is 647. The molecule has 3 rings (SSSR count). The van der Waals surface area contributed by atoms with Gasteiger partial charge in [-0.2, -0.15) is 0 Å². The smallest absolute Gasteiger partial charge is 0.261 e. The summed E-state index contributed by atoms with van der Waals surface area (Å²) >= 11 is 0. The van der Waals surface area contributed by atoms with Crippen LogP contribution in [0.2, 0.25) is 0 Å². The van der Waals surface area contributed by atoms with Crippen molar-refractivity contribution in [3.63, 3.8) is 0 Å². The van der Waals surface area contributed by atoms with Crippen LogP contribution >= 0.6 is 0 Å². The maximum absolute atomic E-state index is 12.2. The quantitative estimate of drug-likeness (QED) is 0.846. The van der Waals surface area contributed by atoms with E-state index < -0.39 is 0 Å². The average Bonchev–Trinajstić information content (AvgIpc) is 2.98. The summed E-state index contributed by atoms with van der Waals surface area (Å²) in [4.78, 5) is 32.7. The highest BCUT2D eigenvalue weighted by atomic mass is 16.2. The minimum Gasteiger partial charge on any atom is -0.349 e. The van der Waals surface area contributed by atoms with Crippen molar-refractivity contribution in [2.45, 2.75) is 13.3 Å². The number of amides is 2. The van der Waals surface area contributed by atoms with E-state index >= 15 is 0 Å². The summed E-state index contributed by atoms with van der Waals surface area (Å²) < 4.78 is 0. The van der Waals surface area contributed by atoms with Gasteiger partial charge in [0.2, 0.25) is 0 Å². The summed E-state index contributed by atoms with van der Waals surface area (Å²) in [6, 6.07) is 5.33. The van der Waals surface area contributed by atoms with Crippen molar-refractivity contribution in [1.82, 2.24) is 14.9 Å². The van der Waals surface area contributed by atoms with Gasteiger partial charge in [-0.3, -0.25) is 14.5 Å². The van der Waals surface area contributed by atoms with Crippen molar-refractivity contribution in [3.8, 4) is 0 Å². The summed E-state index contributed by atoms with van der Waals surface area (Å²) in [5.41, 5.74) is 1.98. The molecule has 2 heterocycles. The standard InChI is InChI=1S/C14H13N3O2/c1-9-2-3-10-11(8-9)14(19)17(13(10)18)7-4-12-15-5-6-16-12/h2-3,5-6,8H,4,7H2,1H3,(H,15,16). The molecule has 1 aromatic heterocycles. The van der Waals surface area contributed by atoms with Crippen molar-refractivity contribution in [1.29, 1.82) is 0 Å². The van der Waals surface area contributed by atoms with Gasteiger partial charge in [0.1, 0.15) is 5.82 Å². The molecule has 0 bridgehead atoms. The average molecular weight is 255 g/mol. The minimum absolute atomic E-state index is 0.213. The third-order valence-corrected chi connectivity index (χ3v) is 3.25. The molecule has 0 unspecified atom stereocenters. The molecule has 0 saturated carbocycles. The lowest BCUT2D eigenvalue weighted by Crippen LogP contribution is -2.31. The SMILES string of the molecule is Cc1ccc2c(c1)C(=O)N(CCc1ncc[nH]1)C2=O. The van der Waals surface area contributed by atoms with Crippen LogP contribution < -0.4 is 0 Å². The van der Waals surface area contributed by atoms with Gasteiger partial charge in [0.25, 0.3) is 11.8 Å². The van der Waals surface area contributed by atoms with Crippen LogP contribution in [0.25, 0.3) is 0 Å². The van der Waals surface area contributed by atoms with Crippen molar-refractivity contribution in [2.24, 2.45) is 0 Å². The van der Waals surface area contributed by atoms with Gasteiger partial charge in [-0.1, -0.05) is 11.6 Å². The molecule has 2 amide bonds. The van der Waals surface area contributed by atoms with E-state index in [0.29, 0.717) is 24.1 Å². The predicted molar refractivity (Wildman–Crippen MR) is 68.8 cm³/mol. The number of aromatic amines is 1. The van der Waals surface area contributed by atoms with E-state index in [1.165, 1.54) is 4.90 Å². The second-order valence-corrected chi connectivity index (χ2v) is 4.60. The van der Waals surface area contributed by atoms with Crippen LogP contribution in [0.4, 0.5) is 0 Å². The number of carbonyl (C=O) groups excluding carboxylic acids is 2. The van der Waals surface area contributed by atoms with Gasteiger partial charge in [0, 0.05) is 25.4 Å². The number of H-pyrrole nitrogens is 1. The zero-order valence-corrected chi connectivity index (χ0v) is 10.5. The first-order valence-corrected chi connectivity index (χ1v) is 6.12. The van der Waals surface area contributed by atoms with Crippen LogP contribution in [0, 0.1) is 6.92 Å². The number of imide groups is 1. The molecule has 0 fully saturated rings. The minimum atomic E-state index is -0.216. The van der Waals surface area contributed by atoms with Crippen LogP contribution in [0.15, 0.2) is 30.6 Å². The monoisotopic (exact) mass is 255 g/mol. The predicted octanol–water partition coefficient (Wildman–Crippen LogP) is 1.56. The third kappa shape index (κ3) is 1.93. The number of aromatic nitrogens is 2. The second kappa shape index (κ2) is 4.35. The summed E-state index contributed by atoms with van der Waals surface area (Å²) in [5.74, 6) is 0.342. The zero-order chi connectivity index (χ0) is 13.4. The molecule has 0 spiro atoms. The maximum atomic E-state index is 12.2. The van der Waals surface area contributed by atoms with Gasteiger partial charge in [-0.25, -0.2) is 4.98 Å². The largest absolute Gasteiger partial charge is 0.349 e. The summed E-state index contributed by atoms with van der Waals surface area (Å²) in [5, 5.41) is 0. The summed E-state index contributed by atoms with van der Waals surface area (Å²) in [6.45, 7) is 2.25. The van der Waals surface area contributed by atoms with Gasteiger partial charge < -0.3 is 4.98 Å². The van der Waals surface area contributed by atoms with Crippen molar-refractivity contribution in [3.05, 3.63) is 53.1 Å². The Morgan fingerprint density at radius 2 is 2.00 bits per heavy atom. The van der Waals surface area contributed by atoms with Gasteiger partial charge in [0.15, 0.2) is 0 Å². The van der Waals surface area contributed by atoms with Crippen LogP contribution in [-0.4, -0.2) is 33.2 Å². The topological polar surface area (TPSA) is 66.1 Å². The van der Waals surface area contributed by atoms with E-state index in [2.05, 4.69) is 9.97 Å². The van der Waals surface area contributed by atoms with E-state index in [4.69, 9.17) is 0 Å². The maximum Gasteiger partial charge on any atom is 0.261 e. The van der Waals surface area contributed by atoms with Crippen molar-refractivity contribution >= 4 is 11.8 Å². The van der Waals surface area contributed by atoms with Crippen LogP contribution in [0.1, 0.15) is 32.1 Å². The number of nitrogens with zero attached hydrogens (tertiary/aromatic N) is 2. The number of fused-ring (bicyclic) bond motifs is 1. The Morgan fingerprint density at radius 1 is 1.21 bits per heavy atom. The normalized spacial score (nSPS) is 14.1. The molecule has 1 aromatic carbocycles. The van der Waals surface area contributed by atoms with E-state index in [1.807, 2.05) is 13.0 Å². The first-order valence-electron chi connectivity index (χ1n) is 6.12. The fraction of sp³-hybridized carbons (Fsp3) is 0.214. The van der Waals surface area contributed by atoms with Crippen molar-refractivity contribution in [2.75, 3.05) is 6.54 Å². The molecule has 5 nitrogen and oxygen atoms in total. The molecule has 0 aliphatic carbocycles. The lowest BCUT2D eigenvalue weighted by Gasteiger charge is -2.12. The first kappa shape index (κ1) is 11.6. The lowest BCUT2D eigenvalue weighted by atomic mass is 10.1. The van der Waals surface area contributed by atoms with E-state index in [9.17, 15) is 9.59 Å². The van der Waals surface area contributed by atoms with E-state index in [-0.39, 0.29) is 11.8 Å². The van der Waals surface area contributed by atoms with Gasteiger partial charge in [-0.05, 0) is 19.1 Å². The highest BCUT2D eigenvalue weighted by molar-refractivity contribution is 6.21. The highest BCUT2D eigenvalue weighted by Crippen LogP contribution is 2.23. The fourth-order valence-corrected chi connectivity index (χ4v) is 2.26. The Labute approximate surface area is 110 Å². The Kier molecular flexibility index (Phi) is 2.67. The lowest BCUT2D eigenvalue weighted by molar-refractivity contribution is 0.0655. The van der Waals surface area contributed by atoms with Gasteiger partial charge in [-0.15, -0.1) is 0 Å². The molecular weight excluding hydrogens is 242 g/mol. The summed E-state index contributed by atoms with van der Waals surface area (Å²) in [7, 11) is 0. The number of aryl methyl sites for hydroxylation is 1. The number of rotatable bonds is 3. The molecule has 19 heavy (non-hydrogen) atoms. The number of carbonyl (C=O) groups is 2. The number of imidazole rings is 1. The molecule has 0 atom stereocenters. The van der Waals surface area contributed by atoms with Gasteiger partial charge >= 0.3 is 0 Å². The third-order valence-electron chi connectivity index (χ3n) is 3.25. The molecule has 96 valence electrons.